The first kappa shape index (κ1) is 21.2. The lowest BCUT2D eigenvalue weighted by Crippen LogP contribution is -2.35. The fraction of sp³-hybridized carbons (Fsp3) is 0.158. The van der Waals surface area contributed by atoms with E-state index in [0.717, 1.165) is 16.8 Å². The van der Waals surface area contributed by atoms with Crippen LogP contribution in [0.15, 0.2) is 47.6 Å². The molecule has 3 N–H and O–H groups in total. The number of primary amides is 1. The molecule has 10 heteroatoms. The number of carbonyl (C=O) groups is 2. The van der Waals surface area contributed by atoms with Gasteiger partial charge in [0.25, 0.3) is 0 Å². The van der Waals surface area contributed by atoms with Crippen LogP contribution in [0, 0.1) is 6.92 Å². The molecule has 0 radical (unpaired) electrons. The maximum Gasteiger partial charge on any atom is 0.318 e. The molecule has 0 fully saturated rings. The van der Waals surface area contributed by atoms with Crippen molar-refractivity contribution in [3.05, 3.63) is 58.1 Å². The molecule has 0 unspecified atom stereocenters. The van der Waals surface area contributed by atoms with E-state index in [1.165, 1.54) is 11.8 Å². The summed E-state index contributed by atoms with van der Waals surface area (Å²) in [7, 11) is 0. The van der Waals surface area contributed by atoms with Crippen molar-refractivity contribution < 1.29 is 9.59 Å². The lowest BCUT2D eigenvalue weighted by molar-refractivity contribution is -0.119. The van der Waals surface area contributed by atoms with E-state index in [0.29, 0.717) is 26.8 Å². The molecule has 29 heavy (non-hydrogen) atoms. The largest absolute Gasteiger partial charge is 0.351 e. The first-order valence-electron chi connectivity index (χ1n) is 8.55. The van der Waals surface area contributed by atoms with E-state index in [-0.39, 0.29) is 6.42 Å². The van der Waals surface area contributed by atoms with Crippen LogP contribution in [-0.2, 0) is 4.79 Å². The van der Waals surface area contributed by atoms with Gasteiger partial charge in [-0.2, -0.15) is 0 Å². The van der Waals surface area contributed by atoms with Gasteiger partial charge in [-0.1, -0.05) is 41.0 Å². The number of aryl methyl sites for hydroxylation is 1. The zero-order valence-electron chi connectivity index (χ0n) is 15.4. The maximum atomic E-state index is 11.6. The summed E-state index contributed by atoms with van der Waals surface area (Å²) in [6, 6.07) is 12.1. The van der Waals surface area contributed by atoms with Crippen molar-refractivity contribution in [3.63, 3.8) is 0 Å². The first-order chi connectivity index (χ1) is 13.8. The molecule has 1 aromatic heterocycles. The van der Waals surface area contributed by atoms with Gasteiger partial charge in [0, 0.05) is 27.8 Å². The lowest BCUT2D eigenvalue weighted by atomic mass is 10.2. The third-order valence-corrected chi connectivity index (χ3v) is 5.56. The highest BCUT2D eigenvalue weighted by Gasteiger charge is 2.17. The second-order valence-electron chi connectivity index (χ2n) is 6.09. The zero-order valence-corrected chi connectivity index (χ0v) is 17.7. The van der Waals surface area contributed by atoms with Gasteiger partial charge >= 0.3 is 6.03 Å². The zero-order chi connectivity index (χ0) is 21.0. The van der Waals surface area contributed by atoms with Crippen LogP contribution in [0.3, 0.4) is 0 Å². The van der Waals surface area contributed by atoms with Gasteiger partial charge < -0.3 is 5.73 Å². The van der Waals surface area contributed by atoms with Gasteiger partial charge in [-0.05, 0) is 48.9 Å². The minimum absolute atomic E-state index is 0.103. The number of carbonyl (C=O) groups excluding carboxylic acids is 2. The molecule has 0 spiro atoms. The number of urea groups is 1. The van der Waals surface area contributed by atoms with Crippen molar-refractivity contribution in [2.24, 2.45) is 5.73 Å². The number of rotatable bonds is 6. The van der Waals surface area contributed by atoms with E-state index in [2.05, 4.69) is 10.2 Å². The first-order valence-corrected chi connectivity index (χ1v) is 10.3. The summed E-state index contributed by atoms with van der Waals surface area (Å²) in [5.74, 6) is 0.551. The Morgan fingerprint density at radius 1 is 1.14 bits per heavy atom. The number of nitrogens with two attached hydrogens (primary N) is 1. The number of hydrogen-bond donors (Lipinski definition) is 2. The molecule has 0 aliphatic heterocycles. The minimum Gasteiger partial charge on any atom is -0.351 e. The van der Waals surface area contributed by atoms with E-state index < -0.39 is 11.9 Å². The van der Waals surface area contributed by atoms with Crippen LogP contribution < -0.4 is 11.1 Å². The monoisotopic (exact) mass is 449 g/mol. The SMILES string of the molecule is Cc1ccc(-n2c(SCCC(=O)NC(N)=O)nnc2-c2ccc(Cl)cc2)cc1Cl. The van der Waals surface area contributed by atoms with E-state index in [1.54, 1.807) is 12.1 Å². The van der Waals surface area contributed by atoms with Crippen LogP contribution in [0.1, 0.15) is 12.0 Å². The number of benzene rings is 2. The summed E-state index contributed by atoms with van der Waals surface area (Å²) in [4.78, 5) is 22.4. The van der Waals surface area contributed by atoms with Gasteiger partial charge in [0.1, 0.15) is 0 Å². The molecule has 3 aromatic rings. The molecule has 0 bridgehead atoms. The molecular weight excluding hydrogens is 433 g/mol. The van der Waals surface area contributed by atoms with Crippen LogP contribution in [0.25, 0.3) is 17.1 Å². The number of imide groups is 1. The average molecular weight is 450 g/mol. The summed E-state index contributed by atoms with van der Waals surface area (Å²) >= 11 is 13.7. The van der Waals surface area contributed by atoms with Crippen LogP contribution >= 0.6 is 35.0 Å². The van der Waals surface area contributed by atoms with Gasteiger partial charge in [0.2, 0.25) is 5.91 Å². The van der Waals surface area contributed by atoms with E-state index in [1.807, 2.05) is 47.1 Å². The van der Waals surface area contributed by atoms with Crippen LogP contribution in [0.4, 0.5) is 4.79 Å². The predicted molar refractivity (Wildman–Crippen MR) is 115 cm³/mol. The van der Waals surface area contributed by atoms with Crippen molar-refractivity contribution in [1.82, 2.24) is 20.1 Å². The molecule has 0 atom stereocenters. The Bertz CT molecular complexity index is 1050. The molecule has 150 valence electrons. The second-order valence-corrected chi connectivity index (χ2v) is 8.00. The molecule has 7 nitrogen and oxygen atoms in total. The molecule has 0 saturated carbocycles. The molecule has 2 aromatic carbocycles. The van der Waals surface area contributed by atoms with Crippen LogP contribution in [0.2, 0.25) is 10.0 Å². The average Bonchev–Trinajstić information content (AvgIpc) is 3.08. The summed E-state index contributed by atoms with van der Waals surface area (Å²) in [6.07, 6.45) is 0.103. The fourth-order valence-electron chi connectivity index (χ4n) is 2.54. The lowest BCUT2D eigenvalue weighted by Gasteiger charge is -2.12. The van der Waals surface area contributed by atoms with Crippen LogP contribution in [-0.4, -0.2) is 32.5 Å². The molecule has 0 saturated heterocycles. The highest BCUT2D eigenvalue weighted by Crippen LogP contribution is 2.30. The second kappa shape index (κ2) is 9.30. The normalized spacial score (nSPS) is 10.7. The van der Waals surface area contributed by atoms with Gasteiger partial charge in [-0.3, -0.25) is 14.7 Å². The minimum atomic E-state index is -0.873. The van der Waals surface area contributed by atoms with Gasteiger partial charge in [0.05, 0.1) is 5.69 Å². The number of aromatic nitrogens is 3. The van der Waals surface area contributed by atoms with Gasteiger partial charge in [-0.25, -0.2) is 4.79 Å². The molecule has 0 aliphatic carbocycles. The Kier molecular flexibility index (Phi) is 6.79. The Morgan fingerprint density at radius 3 is 2.52 bits per heavy atom. The number of thioether (sulfide) groups is 1. The van der Waals surface area contributed by atoms with E-state index in [9.17, 15) is 9.59 Å². The van der Waals surface area contributed by atoms with Crippen LogP contribution in [0.5, 0.6) is 0 Å². The number of amides is 3. The molecule has 0 aliphatic rings. The topological polar surface area (TPSA) is 103 Å². The maximum absolute atomic E-state index is 11.6. The Morgan fingerprint density at radius 2 is 1.86 bits per heavy atom. The van der Waals surface area contributed by atoms with Gasteiger partial charge in [0.15, 0.2) is 11.0 Å². The van der Waals surface area contributed by atoms with Crippen molar-refractivity contribution >= 4 is 46.9 Å². The number of hydrogen-bond acceptors (Lipinski definition) is 5. The third-order valence-electron chi connectivity index (χ3n) is 3.97. The predicted octanol–water partition coefficient (Wildman–Crippen LogP) is 4.23. The summed E-state index contributed by atoms with van der Waals surface area (Å²) in [5.41, 5.74) is 7.53. The highest BCUT2D eigenvalue weighted by atomic mass is 35.5. The molecular formula is C19H17Cl2N5O2S. The van der Waals surface area contributed by atoms with E-state index >= 15 is 0 Å². The van der Waals surface area contributed by atoms with Crippen molar-refractivity contribution in [2.75, 3.05) is 5.75 Å². The number of halogens is 2. The summed E-state index contributed by atoms with van der Waals surface area (Å²) in [6.45, 7) is 1.92. The smallest absolute Gasteiger partial charge is 0.318 e. The summed E-state index contributed by atoms with van der Waals surface area (Å²) < 4.78 is 1.87. The quantitative estimate of drug-likeness (QED) is 0.548. The van der Waals surface area contributed by atoms with E-state index in [4.69, 9.17) is 28.9 Å². The number of nitrogens with zero attached hydrogens (tertiary/aromatic N) is 3. The number of nitrogens with one attached hydrogen (secondary N) is 1. The van der Waals surface area contributed by atoms with Crippen molar-refractivity contribution in [3.8, 4) is 17.1 Å². The highest BCUT2D eigenvalue weighted by molar-refractivity contribution is 7.99. The Hall–Kier alpha value is -2.55. The fourth-order valence-corrected chi connectivity index (χ4v) is 3.73. The summed E-state index contributed by atoms with van der Waals surface area (Å²) in [5, 5.41) is 12.5. The Labute approximate surface area is 181 Å². The standard InChI is InChI=1S/C19H17Cl2N5O2S/c1-11-2-7-14(10-15(11)21)26-17(12-3-5-13(20)6-4-12)24-25-19(26)29-9-8-16(27)23-18(22)28/h2-7,10H,8-9H2,1H3,(H3,22,23,27,28). The molecule has 3 rings (SSSR count). The van der Waals surface area contributed by atoms with Crippen molar-refractivity contribution in [1.29, 1.82) is 0 Å². The molecule has 3 amide bonds. The van der Waals surface area contributed by atoms with Crippen molar-refractivity contribution in [2.45, 2.75) is 18.5 Å². The van der Waals surface area contributed by atoms with Gasteiger partial charge in [-0.15, -0.1) is 10.2 Å². The Balaban J connectivity index is 1.93. The third kappa shape index (κ3) is 5.29. The molecule has 1 heterocycles.